The number of rotatable bonds is 5. The molecule has 0 saturated carbocycles. The van der Waals surface area contributed by atoms with Crippen molar-refractivity contribution in [2.75, 3.05) is 6.54 Å². The van der Waals surface area contributed by atoms with Crippen LogP contribution in [0.3, 0.4) is 0 Å². The molecular formula is C18H18N2O2S. The second-order valence-corrected chi connectivity index (χ2v) is 7.22. The molecule has 0 saturated heterocycles. The summed E-state index contributed by atoms with van der Waals surface area (Å²) in [6.07, 6.45) is 2.35. The van der Waals surface area contributed by atoms with Crippen LogP contribution in [0, 0.1) is 6.92 Å². The first-order chi connectivity index (χ1) is 11.1. The number of pyridine rings is 1. The number of hydrogen-bond acceptors (Lipinski definition) is 3. The van der Waals surface area contributed by atoms with Crippen LogP contribution in [-0.4, -0.2) is 19.9 Å². The number of aryl methyl sites for hydroxylation is 1. The first kappa shape index (κ1) is 15.6. The van der Waals surface area contributed by atoms with E-state index in [1.165, 1.54) is 0 Å². The summed E-state index contributed by atoms with van der Waals surface area (Å²) in [5, 5.41) is 1.06. The molecule has 23 heavy (non-hydrogen) atoms. The van der Waals surface area contributed by atoms with Crippen molar-refractivity contribution in [1.82, 2.24) is 9.71 Å². The van der Waals surface area contributed by atoms with E-state index in [1.807, 2.05) is 37.3 Å². The van der Waals surface area contributed by atoms with Crippen molar-refractivity contribution in [3.8, 4) is 0 Å². The van der Waals surface area contributed by atoms with Gasteiger partial charge in [-0.15, -0.1) is 0 Å². The van der Waals surface area contributed by atoms with Gasteiger partial charge in [0.05, 0.1) is 10.4 Å². The number of aromatic nitrogens is 1. The van der Waals surface area contributed by atoms with E-state index in [1.54, 1.807) is 30.5 Å². The van der Waals surface area contributed by atoms with Gasteiger partial charge in [0, 0.05) is 18.1 Å². The number of nitrogens with one attached hydrogen (secondary N) is 1. The molecule has 1 N–H and O–H groups in total. The summed E-state index contributed by atoms with van der Waals surface area (Å²) in [6.45, 7) is 2.27. The van der Waals surface area contributed by atoms with Crippen molar-refractivity contribution in [1.29, 1.82) is 0 Å². The Kier molecular flexibility index (Phi) is 4.41. The quantitative estimate of drug-likeness (QED) is 0.784. The molecule has 118 valence electrons. The number of hydrogen-bond donors (Lipinski definition) is 1. The van der Waals surface area contributed by atoms with E-state index >= 15 is 0 Å². The minimum absolute atomic E-state index is 0.291. The van der Waals surface area contributed by atoms with E-state index in [2.05, 4.69) is 9.71 Å². The fourth-order valence-corrected chi connectivity index (χ4v) is 3.52. The van der Waals surface area contributed by atoms with E-state index in [4.69, 9.17) is 0 Å². The van der Waals surface area contributed by atoms with Crippen LogP contribution in [0.1, 0.15) is 11.1 Å². The number of nitrogens with zero attached hydrogens (tertiary/aromatic N) is 1. The summed E-state index contributed by atoms with van der Waals surface area (Å²) in [6, 6.07) is 16.7. The van der Waals surface area contributed by atoms with Gasteiger partial charge in [0.2, 0.25) is 10.0 Å². The molecule has 3 rings (SSSR count). The summed E-state index contributed by atoms with van der Waals surface area (Å²) in [5.41, 5.74) is 2.99. The van der Waals surface area contributed by atoms with Crippen LogP contribution in [0.2, 0.25) is 0 Å². The van der Waals surface area contributed by atoms with Crippen molar-refractivity contribution < 1.29 is 8.42 Å². The Bertz CT molecular complexity index is 914. The molecule has 3 aromatic rings. The molecule has 0 amide bonds. The molecule has 0 aliphatic rings. The van der Waals surface area contributed by atoms with Crippen LogP contribution in [-0.2, 0) is 16.4 Å². The highest BCUT2D eigenvalue weighted by atomic mass is 32.2. The lowest BCUT2D eigenvalue weighted by atomic mass is 10.1. The molecule has 0 aliphatic carbocycles. The first-order valence-electron chi connectivity index (χ1n) is 7.45. The fraction of sp³-hybridized carbons (Fsp3) is 0.167. The zero-order chi connectivity index (χ0) is 16.3. The number of sulfonamides is 1. The molecule has 0 radical (unpaired) electrons. The molecule has 0 unspecified atom stereocenters. The second-order valence-electron chi connectivity index (χ2n) is 5.45. The second kappa shape index (κ2) is 6.48. The van der Waals surface area contributed by atoms with E-state index in [0.717, 1.165) is 22.0 Å². The summed E-state index contributed by atoms with van der Waals surface area (Å²) in [4.78, 5) is 4.68. The monoisotopic (exact) mass is 326 g/mol. The van der Waals surface area contributed by atoms with Gasteiger partial charge in [0.25, 0.3) is 0 Å². The van der Waals surface area contributed by atoms with Crippen LogP contribution < -0.4 is 4.72 Å². The van der Waals surface area contributed by atoms with E-state index in [9.17, 15) is 8.42 Å². The normalized spacial score (nSPS) is 11.7. The van der Waals surface area contributed by atoms with Crippen LogP contribution in [0.15, 0.2) is 65.7 Å². The molecule has 0 atom stereocenters. The first-order valence-corrected chi connectivity index (χ1v) is 8.93. The molecule has 0 aliphatic heterocycles. The summed E-state index contributed by atoms with van der Waals surface area (Å²) >= 11 is 0. The van der Waals surface area contributed by atoms with Crippen molar-refractivity contribution in [3.05, 3.63) is 71.9 Å². The topological polar surface area (TPSA) is 59.1 Å². The highest BCUT2D eigenvalue weighted by Gasteiger charge is 2.13. The van der Waals surface area contributed by atoms with Gasteiger partial charge in [0.15, 0.2) is 0 Å². The third-order valence-electron chi connectivity index (χ3n) is 3.73. The van der Waals surface area contributed by atoms with Gasteiger partial charge in [-0.25, -0.2) is 13.1 Å². The average molecular weight is 326 g/mol. The van der Waals surface area contributed by atoms with Crippen LogP contribution in [0.4, 0.5) is 0 Å². The van der Waals surface area contributed by atoms with E-state index in [-0.39, 0.29) is 0 Å². The highest BCUT2D eigenvalue weighted by molar-refractivity contribution is 7.89. The molecule has 1 heterocycles. The average Bonchev–Trinajstić information content (AvgIpc) is 2.55. The number of para-hydroxylation sites is 1. The lowest BCUT2D eigenvalue weighted by molar-refractivity contribution is 0.581. The van der Waals surface area contributed by atoms with Crippen LogP contribution in [0.5, 0.6) is 0 Å². The Balaban J connectivity index is 1.72. The Morgan fingerprint density at radius 3 is 2.52 bits per heavy atom. The highest BCUT2D eigenvalue weighted by Crippen LogP contribution is 2.16. The Labute approximate surface area is 136 Å². The third-order valence-corrected chi connectivity index (χ3v) is 5.21. The zero-order valence-corrected chi connectivity index (χ0v) is 13.7. The predicted octanol–water partition coefficient (Wildman–Crippen LogP) is 3.06. The van der Waals surface area contributed by atoms with Gasteiger partial charge < -0.3 is 0 Å². The fourth-order valence-electron chi connectivity index (χ4n) is 2.49. The molecule has 0 bridgehead atoms. The molecular weight excluding hydrogens is 308 g/mol. The predicted molar refractivity (Wildman–Crippen MR) is 91.8 cm³/mol. The minimum atomic E-state index is -3.47. The lowest BCUT2D eigenvalue weighted by Crippen LogP contribution is -2.26. The van der Waals surface area contributed by atoms with Gasteiger partial charge in [0.1, 0.15) is 0 Å². The van der Waals surface area contributed by atoms with Crippen molar-refractivity contribution in [3.63, 3.8) is 0 Å². The Morgan fingerprint density at radius 1 is 1.00 bits per heavy atom. The summed E-state index contributed by atoms with van der Waals surface area (Å²) in [5.74, 6) is 0. The van der Waals surface area contributed by atoms with Gasteiger partial charge in [-0.3, -0.25) is 4.98 Å². The van der Waals surface area contributed by atoms with Crippen molar-refractivity contribution in [2.24, 2.45) is 0 Å². The number of benzene rings is 2. The van der Waals surface area contributed by atoms with Gasteiger partial charge in [-0.05, 0) is 37.1 Å². The smallest absolute Gasteiger partial charge is 0.240 e. The maximum absolute atomic E-state index is 12.3. The van der Waals surface area contributed by atoms with Gasteiger partial charge >= 0.3 is 0 Å². The summed E-state index contributed by atoms with van der Waals surface area (Å²) < 4.78 is 27.2. The standard InChI is InChI=1S/C18H18N2O2S/c1-14-7-9-17(10-8-14)23(21,22)20-13-11-16-5-2-4-15-6-3-12-19-18(15)16/h2-10,12,20H,11,13H2,1H3. The lowest BCUT2D eigenvalue weighted by Gasteiger charge is -2.08. The molecule has 5 heteroatoms. The van der Waals surface area contributed by atoms with Gasteiger partial charge in [-0.2, -0.15) is 0 Å². The van der Waals surface area contributed by atoms with Crippen LogP contribution >= 0.6 is 0 Å². The third kappa shape index (κ3) is 3.57. The molecule has 0 spiro atoms. The van der Waals surface area contributed by atoms with E-state index < -0.39 is 10.0 Å². The maximum atomic E-state index is 12.3. The van der Waals surface area contributed by atoms with E-state index in [0.29, 0.717) is 17.9 Å². The van der Waals surface area contributed by atoms with Gasteiger partial charge in [-0.1, -0.05) is 42.0 Å². The van der Waals surface area contributed by atoms with Crippen LogP contribution in [0.25, 0.3) is 10.9 Å². The molecule has 0 fully saturated rings. The number of fused-ring (bicyclic) bond motifs is 1. The SMILES string of the molecule is Cc1ccc(S(=O)(=O)NCCc2cccc3cccnc23)cc1. The van der Waals surface area contributed by atoms with Crippen molar-refractivity contribution >= 4 is 20.9 Å². The zero-order valence-electron chi connectivity index (χ0n) is 12.9. The molecule has 2 aromatic carbocycles. The Hall–Kier alpha value is -2.24. The molecule has 1 aromatic heterocycles. The maximum Gasteiger partial charge on any atom is 0.240 e. The Morgan fingerprint density at radius 2 is 1.74 bits per heavy atom. The molecule has 4 nitrogen and oxygen atoms in total. The van der Waals surface area contributed by atoms with Crippen molar-refractivity contribution in [2.45, 2.75) is 18.2 Å². The summed E-state index contributed by atoms with van der Waals surface area (Å²) in [7, 11) is -3.47. The minimum Gasteiger partial charge on any atom is -0.256 e. The largest absolute Gasteiger partial charge is 0.256 e.